The molecule has 8 nitrogen and oxygen atoms in total. The molecule has 154 valence electrons. The van der Waals surface area contributed by atoms with E-state index in [1.807, 2.05) is 48.7 Å². The number of morpholine rings is 1. The summed E-state index contributed by atoms with van der Waals surface area (Å²) in [5.41, 5.74) is 2.01. The number of carbonyl (C=O) groups is 1. The van der Waals surface area contributed by atoms with Crippen molar-refractivity contribution < 1.29 is 9.53 Å². The van der Waals surface area contributed by atoms with E-state index in [0.717, 1.165) is 31.1 Å². The number of benzene rings is 1. The number of nitrogens with one attached hydrogen (secondary N) is 2. The predicted octanol–water partition coefficient (Wildman–Crippen LogP) is 2.96. The molecule has 8 heteroatoms. The summed E-state index contributed by atoms with van der Waals surface area (Å²) in [5.74, 6) is 1.26. The first-order valence-electron chi connectivity index (χ1n) is 9.93. The number of hydrogen-bond donors (Lipinski definition) is 2. The number of aromatic nitrogens is 3. The predicted molar refractivity (Wildman–Crippen MR) is 116 cm³/mol. The van der Waals surface area contributed by atoms with E-state index in [1.54, 1.807) is 12.1 Å². The number of nitrogens with zero attached hydrogens (tertiary/aromatic N) is 4. The quantitative estimate of drug-likeness (QED) is 0.652. The fourth-order valence-corrected chi connectivity index (χ4v) is 3.19. The second-order valence-corrected chi connectivity index (χ2v) is 7.13. The maximum Gasteiger partial charge on any atom is 0.276 e. The molecular formula is C22H24N6O2. The SMILES string of the molecule is CC1CN(c2ccc(CNc3ccc(C(=O)Nc4ccccc4)nn3)cn2)CCO1. The molecule has 1 saturated heterocycles. The highest BCUT2D eigenvalue weighted by Gasteiger charge is 2.17. The zero-order valence-electron chi connectivity index (χ0n) is 16.8. The molecule has 1 amide bonds. The molecule has 1 unspecified atom stereocenters. The van der Waals surface area contributed by atoms with Crippen molar-refractivity contribution in [2.75, 3.05) is 35.2 Å². The maximum atomic E-state index is 12.2. The number of para-hydroxylation sites is 1. The first-order valence-corrected chi connectivity index (χ1v) is 9.93. The molecule has 0 radical (unpaired) electrons. The summed E-state index contributed by atoms with van der Waals surface area (Å²) in [6, 6.07) is 16.7. The third-order valence-corrected chi connectivity index (χ3v) is 4.78. The van der Waals surface area contributed by atoms with Crippen molar-refractivity contribution in [1.82, 2.24) is 15.2 Å². The van der Waals surface area contributed by atoms with Gasteiger partial charge in [-0.15, -0.1) is 10.2 Å². The Labute approximate surface area is 175 Å². The van der Waals surface area contributed by atoms with Gasteiger partial charge in [-0.3, -0.25) is 4.79 Å². The largest absolute Gasteiger partial charge is 0.375 e. The van der Waals surface area contributed by atoms with Gasteiger partial charge >= 0.3 is 0 Å². The van der Waals surface area contributed by atoms with E-state index < -0.39 is 0 Å². The fourth-order valence-electron chi connectivity index (χ4n) is 3.19. The molecule has 0 aliphatic carbocycles. The number of carbonyl (C=O) groups excluding carboxylic acids is 1. The average Bonchev–Trinajstić information content (AvgIpc) is 2.79. The van der Waals surface area contributed by atoms with Crippen molar-refractivity contribution in [2.45, 2.75) is 19.6 Å². The van der Waals surface area contributed by atoms with Gasteiger partial charge in [0.2, 0.25) is 0 Å². The highest BCUT2D eigenvalue weighted by molar-refractivity contribution is 6.02. The molecule has 1 aliphatic heterocycles. The summed E-state index contributed by atoms with van der Waals surface area (Å²) in [6.07, 6.45) is 2.08. The molecule has 1 atom stereocenters. The third-order valence-electron chi connectivity index (χ3n) is 4.78. The van der Waals surface area contributed by atoms with E-state index in [2.05, 4.69) is 37.6 Å². The van der Waals surface area contributed by atoms with Gasteiger partial charge in [0.1, 0.15) is 11.6 Å². The molecule has 30 heavy (non-hydrogen) atoms. The third kappa shape index (κ3) is 5.09. The lowest BCUT2D eigenvalue weighted by Crippen LogP contribution is -2.41. The van der Waals surface area contributed by atoms with Crippen LogP contribution in [0.3, 0.4) is 0 Å². The Hall–Kier alpha value is -3.52. The van der Waals surface area contributed by atoms with Crippen LogP contribution in [0.1, 0.15) is 23.0 Å². The van der Waals surface area contributed by atoms with E-state index in [9.17, 15) is 4.79 Å². The van der Waals surface area contributed by atoms with Crippen LogP contribution in [0.4, 0.5) is 17.3 Å². The van der Waals surface area contributed by atoms with Crippen LogP contribution in [0, 0.1) is 0 Å². The van der Waals surface area contributed by atoms with Crippen LogP contribution >= 0.6 is 0 Å². The normalized spacial score (nSPS) is 16.2. The van der Waals surface area contributed by atoms with E-state index in [1.165, 1.54) is 0 Å². The van der Waals surface area contributed by atoms with E-state index in [0.29, 0.717) is 18.1 Å². The minimum Gasteiger partial charge on any atom is -0.375 e. The molecule has 2 aromatic heterocycles. The number of hydrogen-bond acceptors (Lipinski definition) is 7. The van der Waals surface area contributed by atoms with Crippen molar-refractivity contribution in [3.05, 3.63) is 72.1 Å². The first-order chi connectivity index (χ1) is 14.7. The van der Waals surface area contributed by atoms with Crippen LogP contribution in [0.2, 0.25) is 0 Å². The van der Waals surface area contributed by atoms with Gasteiger partial charge in [-0.25, -0.2) is 4.98 Å². The minimum atomic E-state index is -0.294. The number of pyridine rings is 1. The topological polar surface area (TPSA) is 92.3 Å². The van der Waals surface area contributed by atoms with E-state index in [-0.39, 0.29) is 17.7 Å². The molecule has 1 aliphatic rings. The van der Waals surface area contributed by atoms with Crippen LogP contribution in [0.25, 0.3) is 0 Å². The Morgan fingerprint density at radius 1 is 1.13 bits per heavy atom. The van der Waals surface area contributed by atoms with Gasteiger partial charge in [-0.2, -0.15) is 0 Å². The minimum absolute atomic E-state index is 0.221. The summed E-state index contributed by atoms with van der Waals surface area (Å²) < 4.78 is 5.58. The van der Waals surface area contributed by atoms with E-state index in [4.69, 9.17) is 4.74 Å². The molecule has 0 bridgehead atoms. The van der Waals surface area contributed by atoms with Crippen molar-refractivity contribution in [2.24, 2.45) is 0 Å². The fraction of sp³-hybridized carbons (Fsp3) is 0.273. The molecule has 1 fully saturated rings. The van der Waals surface area contributed by atoms with Crippen LogP contribution in [0.5, 0.6) is 0 Å². The van der Waals surface area contributed by atoms with Crippen molar-refractivity contribution in [3.8, 4) is 0 Å². The van der Waals surface area contributed by atoms with Crippen molar-refractivity contribution in [3.63, 3.8) is 0 Å². The van der Waals surface area contributed by atoms with Crippen LogP contribution in [0.15, 0.2) is 60.8 Å². The van der Waals surface area contributed by atoms with Gasteiger partial charge in [-0.1, -0.05) is 24.3 Å². The summed E-state index contributed by atoms with van der Waals surface area (Å²) in [5, 5.41) is 14.1. The Bertz CT molecular complexity index is 963. The van der Waals surface area contributed by atoms with Gasteiger partial charge in [0.05, 0.1) is 12.7 Å². The highest BCUT2D eigenvalue weighted by Crippen LogP contribution is 2.16. The Balaban J connectivity index is 1.30. The Morgan fingerprint density at radius 3 is 2.70 bits per heavy atom. The van der Waals surface area contributed by atoms with Crippen LogP contribution < -0.4 is 15.5 Å². The molecule has 2 N–H and O–H groups in total. The number of ether oxygens (including phenoxy) is 1. The molecule has 3 heterocycles. The van der Waals surface area contributed by atoms with Gasteiger partial charge < -0.3 is 20.3 Å². The van der Waals surface area contributed by atoms with Crippen LogP contribution in [-0.4, -0.2) is 46.9 Å². The monoisotopic (exact) mass is 404 g/mol. The number of rotatable bonds is 6. The van der Waals surface area contributed by atoms with Gasteiger partial charge in [0.15, 0.2) is 5.69 Å². The molecule has 3 aromatic rings. The summed E-state index contributed by atoms with van der Waals surface area (Å²) in [7, 11) is 0. The molecular weight excluding hydrogens is 380 g/mol. The van der Waals surface area contributed by atoms with Crippen LogP contribution in [-0.2, 0) is 11.3 Å². The molecule has 0 saturated carbocycles. The van der Waals surface area contributed by atoms with Crippen molar-refractivity contribution in [1.29, 1.82) is 0 Å². The second kappa shape index (κ2) is 9.32. The Kier molecular flexibility index (Phi) is 6.14. The second-order valence-electron chi connectivity index (χ2n) is 7.13. The summed E-state index contributed by atoms with van der Waals surface area (Å²) >= 11 is 0. The average molecular weight is 404 g/mol. The van der Waals surface area contributed by atoms with E-state index >= 15 is 0 Å². The lowest BCUT2D eigenvalue weighted by Gasteiger charge is -2.32. The smallest absolute Gasteiger partial charge is 0.276 e. The standard InChI is InChI=1S/C22H24N6O2/c1-16-15-28(11-12-30-16)21-10-7-17(14-24-21)13-23-20-9-8-19(26-27-20)22(29)25-18-5-3-2-4-6-18/h2-10,14,16H,11-13,15H2,1H3,(H,23,27)(H,25,29). The lowest BCUT2D eigenvalue weighted by molar-refractivity contribution is 0.0529. The van der Waals surface area contributed by atoms with Gasteiger partial charge in [0.25, 0.3) is 5.91 Å². The summed E-state index contributed by atoms with van der Waals surface area (Å²) in [6.45, 7) is 5.07. The summed E-state index contributed by atoms with van der Waals surface area (Å²) in [4.78, 5) is 19.0. The molecule has 0 spiro atoms. The highest BCUT2D eigenvalue weighted by atomic mass is 16.5. The number of amides is 1. The lowest BCUT2D eigenvalue weighted by atomic mass is 10.2. The maximum absolute atomic E-state index is 12.2. The molecule has 1 aromatic carbocycles. The molecule has 4 rings (SSSR count). The van der Waals surface area contributed by atoms with Gasteiger partial charge in [-0.05, 0) is 42.8 Å². The van der Waals surface area contributed by atoms with Gasteiger partial charge in [0, 0.05) is 31.5 Å². The zero-order chi connectivity index (χ0) is 20.8. The van der Waals surface area contributed by atoms with Crippen molar-refractivity contribution >= 4 is 23.2 Å². The zero-order valence-corrected chi connectivity index (χ0v) is 16.8. The number of anilines is 3. The Morgan fingerprint density at radius 2 is 2.00 bits per heavy atom. The first kappa shape index (κ1) is 19.8.